The van der Waals surface area contributed by atoms with Gasteiger partial charge in [0.25, 0.3) is 0 Å². The summed E-state index contributed by atoms with van der Waals surface area (Å²) in [6.45, 7) is 4.09. The van der Waals surface area contributed by atoms with Gasteiger partial charge in [-0.05, 0) is 31.5 Å². The summed E-state index contributed by atoms with van der Waals surface area (Å²) in [5.74, 6) is 0.905. The lowest BCUT2D eigenvalue weighted by Gasteiger charge is -2.06. The number of thioether (sulfide) groups is 1. The maximum absolute atomic E-state index is 5.90. The van der Waals surface area contributed by atoms with Gasteiger partial charge < -0.3 is 5.73 Å². The van der Waals surface area contributed by atoms with Crippen LogP contribution in [-0.2, 0) is 5.75 Å². The van der Waals surface area contributed by atoms with Crippen LogP contribution in [0.1, 0.15) is 16.8 Å². The van der Waals surface area contributed by atoms with E-state index >= 15 is 0 Å². The molecule has 17 heavy (non-hydrogen) atoms. The lowest BCUT2D eigenvalue weighted by molar-refractivity contribution is 1.07. The Morgan fingerprint density at radius 3 is 2.76 bits per heavy atom. The molecule has 0 saturated carbocycles. The molecule has 0 unspecified atom stereocenters. The second kappa shape index (κ2) is 5.23. The maximum atomic E-state index is 5.90. The van der Waals surface area contributed by atoms with Crippen molar-refractivity contribution in [3.63, 3.8) is 0 Å². The van der Waals surface area contributed by atoms with Gasteiger partial charge in [-0.25, -0.2) is 4.98 Å². The maximum Gasteiger partial charge on any atom is 0.120 e. The Morgan fingerprint density at radius 1 is 1.18 bits per heavy atom. The first kappa shape index (κ1) is 12.0. The van der Waals surface area contributed by atoms with Crippen LogP contribution >= 0.6 is 11.8 Å². The Hall–Kier alpha value is -1.48. The molecule has 0 spiro atoms. The van der Waals surface area contributed by atoms with Crippen molar-refractivity contribution in [2.75, 3.05) is 5.73 Å². The summed E-state index contributed by atoms with van der Waals surface area (Å²) in [7, 11) is 0. The Bertz CT molecular complexity index is 523. The minimum atomic E-state index is 0.758. The van der Waals surface area contributed by atoms with Gasteiger partial charge in [0.05, 0.1) is 5.69 Å². The molecule has 2 rings (SSSR count). The van der Waals surface area contributed by atoms with Gasteiger partial charge in [-0.3, -0.25) is 0 Å². The number of benzene rings is 1. The van der Waals surface area contributed by atoms with E-state index in [9.17, 15) is 0 Å². The molecule has 0 saturated heterocycles. The molecule has 0 bridgehead atoms. The zero-order valence-corrected chi connectivity index (χ0v) is 10.9. The third kappa shape index (κ3) is 3.24. The first-order valence-corrected chi connectivity index (χ1v) is 6.55. The lowest BCUT2D eigenvalue weighted by Crippen LogP contribution is -1.94. The van der Waals surface area contributed by atoms with Crippen molar-refractivity contribution in [1.82, 2.24) is 4.98 Å². The van der Waals surface area contributed by atoms with Crippen molar-refractivity contribution in [1.29, 1.82) is 0 Å². The van der Waals surface area contributed by atoms with Crippen LogP contribution in [0.4, 0.5) is 5.69 Å². The van der Waals surface area contributed by atoms with Gasteiger partial charge in [0.15, 0.2) is 0 Å². The minimum Gasteiger partial charge on any atom is -0.397 e. The summed E-state index contributed by atoms with van der Waals surface area (Å²) in [4.78, 5) is 4.45. The van der Waals surface area contributed by atoms with Gasteiger partial charge in [0, 0.05) is 11.4 Å². The molecule has 88 valence electrons. The number of pyridine rings is 1. The second-order valence-electron chi connectivity index (χ2n) is 4.12. The van der Waals surface area contributed by atoms with Gasteiger partial charge in [-0.15, -0.1) is 0 Å². The molecule has 0 fully saturated rings. The third-order valence-corrected chi connectivity index (χ3v) is 3.57. The van der Waals surface area contributed by atoms with Crippen LogP contribution in [0.2, 0.25) is 0 Å². The zero-order valence-electron chi connectivity index (χ0n) is 10.1. The van der Waals surface area contributed by atoms with Crippen molar-refractivity contribution in [2.24, 2.45) is 0 Å². The van der Waals surface area contributed by atoms with Crippen molar-refractivity contribution < 1.29 is 0 Å². The monoisotopic (exact) mass is 244 g/mol. The first-order chi connectivity index (χ1) is 8.15. The summed E-state index contributed by atoms with van der Waals surface area (Å²) in [5, 5.41) is 0.923. The molecular formula is C14H16N2S. The first-order valence-electron chi connectivity index (χ1n) is 5.56. The van der Waals surface area contributed by atoms with Crippen molar-refractivity contribution >= 4 is 17.4 Å². The Morgan fingerprint density at radius 2 is 2.00 bits per heavy atom. The summed E-state index contributed by atoms with van der Waals surface area (Å²) >= 11 is 1.69. The predicted molar refractivity (Wildman–Crippen MR) is 74.1 cm³/mol. The standard InChI is InChI=1S/C14H16N2S/c1-10-4-3-5-12(8-10)9-17-14-13(15)7-6-11(2)16-14/h3-8H,9,15H2,1-2H3. The highest BCUT2D eigenvalue weighted by atomic mass is 32.2. The van der Waals surface area contributed by atoms with E-state index in [1.54, 1.807) is 11.8 Å². The summed E-state index contributed by atoms with van der Waals surface area (Å²) in [6, 6.07) is 12.4. The van der Waals surface area contributed by atoms with E-state index in [0.717, 1.165) is 22.2 Å². The summed E-state index contributed by atoms with van der Waals surface area (Å²) < 4.78 is 0. The Balaban J connectivity index is 2.09. The number of aromatic nitrogens is 1. The van der Waals surface area contributed by atoms with E-state index in [4.69, 9.17) is 5.73 Å². The lowest BCUT2D eigenvalue weighted by atomic mass is 10.2. The predicted octanol–water partition coefficient (Wildman–Crippen LogP) is 3.57. The van der Waals surface area contributed by atoms with Crippen LogP contribution in [0.3, 0.4) is 0 Å². The van der Waals surface area contributed by atoms with Gasteiger partial charge >= 0.3 is 0 Å². The number of nitrogen functional groups attached to an aromatic ring is 1. The van der Waals surface area contributed by atoms with Gasteiger partial charge in [0.2, 0.25) is 0 Å². The second-order valence-corrected chi connectivity index (χ2v) is 5.09. The number of hydrogen-bond acceptors (Lipinski definition) is 3. The number of nitrogens with two attached hydrogens (primary N) is 1. The minimum absolute atomic E-state index is 0.758. The van der Waals surface area contributed by atoms with E-state index in [2.05, 4.69) is 36.2 Å². The quantitative estimate of drug-likeness (QED) is 0.839. The molecule has 0 atom stereocenters. The Kier molecular flexibility index (Phi) is 3.69. The average molecular weight is 244 g/mol. The van der Waals surface area contributed by atoms with E-state index in [1.165, 1.54) is 11.1 Å². The number of nitrogens with zero attached hydrogens (tertiary/aromatic N) is 1. The highest BCUT2D eigenvalue weighted by Gasteiger charge is 2.03. The van der Waals surface area contributed by atoms with E-state index in [0.29, 0.717) is 0 Å². The van der Waals surface area contributed by atoms with Crippen LogP contribution in [0.25, 0.3) is 0 Å². The van der Waals surface area contributed by atoms with Crippen LogP contribution in [0.5, 0.6) is 0 Å². The number of aryl methyl sites for hydroxylation is 2. The fraction of sp³-hybridized carbons (Fsp3) is 0.214. The fourth-order valence-electron chi connectivity index (χ4n) is 1.61. The third-order valence-electron chi connectivity index (χ3n) is 2.49. The van der Waals surface area contributed by atoms with Crippen LogP contribution < -0.4 is 5.73 Å². The van der Waals surface area contributed by atoms with Gasteiger partial charge in [0.1, 0.15) is 5.03 Å². The molecule has 1 aromatic carbocycles. The number of anilines is 1. The molecular weight excluding hydrogens is 228 g/mol. The van der Waals surface area contributed by atoms with Crippen LogP contribution in [-0.4, -0.2) is 4.98 Å². The van der Waals surface area contributed by atoms with Crippen LogP contribution in [0, 0.1) is 13.8 Å². The highest BCUT2D eigenvalue weighted by Crippen LogP contribution is 2.26. The molecule has 2 aromatic rings. The van der Waals surface area contributed by atoms with E-state index in [-0.39, 0.29) is 0 Å². The molecule has 0 amide bonds. The van der Waals surface area contributed by atoms with E-state index < -0.39 is 0 Å². The molecule has 1 heterocycles. The molecule has 0 aliphatic carbocycles. The normalized spacial score (nSPS) is 10.5. The molecule has 0 aliphatic heterocycles. The average Bonchev–Trinajstić information content (AvgIpc) is 2.30. The SMILES string of the molecule is Cc1cccc(CSc2nc(C)ccc2N)c1. The highest BCUT2D eigenvalue weighted by molar-refractivity contribution is 7.98. The molecule has 1 aromatic heterocycles. The molecule has 0 radical (unpaired) electrons. The largest absolute Gasteiger partial charge is 0.397 e. The summed E-state index contributed by atoms with van der Waals surface area (Å²) in [6.07, 6.45) is 0. The molecule has 0 aliphatic rings. The number of hydrogen-bond donors (Lipinski definition) is 1. The van der Waals surface area contributed by atoms with Gasteiger partial charge in [-0.1, -0.05) is 41.6 Å². The van der Waals surface area contributed by atoms with Crippen molar-refractivity contribution in [3.8, 4) is 0 Å². The number of rotatable bonds is 3. The molecule has 2 N–H and O–H groups in total. The van der Waals surface area contributed by atoms with E-state index in [1.807, 2.05) is 19.1 Å². The molecule has 3 heteroatoms. The van der Waals surface area contributed by atoms with Crippen molar-refractivity contribution in [2.45, 2.75) is 24.6 Å². The summed E-state index contributed by atoms with van der Waals surface area (Å²) in [5.41, 5.74) is 10.3. The van der Waals surface area contributed by atoms with Crippen molar-refractivity contribution in [3.05, 3.63) is 53.2 Å². The van der Waals surface area contributed by atoms with Gasteiger partial charge in [-0.2, -0.15) is 0 Å². The topological polar surface area (TPSA) is 38.9 Å². The fourth-order valence-corrected chi connectivity index (χ4v) is 2.54. The van der Waals surface area contributed by atoms with Crippen LogP contribution in [0.15, 0.2) is 41.4 Å². The zero-order chi connectivity index (χ0) is 12.3. The molecule has 2 nitrogen and oxygen atoms in total. The Labute approximate surface area is 106 Å². The smallest absolute Gasteiger partial charge is 0.120 e.